The molecule has 0 aliphatic carbocycles. The third-order valence-electron chi connectivity index (χ3n) is 4.91. The number of carbonyl (C=O) groups excluding carboxylic acids is 1. The van der Waals surface area contributed by atoms with Crippen LogP contribution in [0.1, 0.15) is 29.5 Å². The number of ether oxygens (including phenoxy) is 1. The highest BCUT2D eigenvalue weighted by Gasteiger charge is 2.35. The monoisotopic (exact) mass is 356 g/mol. The molecule has 0 spiro atoms. The van der Waals surface area contributed by atoms with Gasteiger partial charge in [0.1, 0.15) is 0 Å². The largest absolute Gasteiger partial charge is 0.463 e. The predicted molar refractivity (Wildman–Crippen MR) is 110 cm³/mol. The van der Waals surface area contributed by atoms with Crippen LogP contribution >= 0.6 is 0 Å². The SMILES string of the molecule is C=CC(=O)OCCCC(c1ccccc1)(c1ccccc1)c1ccccc1. The van der Waals surface area contributed by atoms with Gasteiger partial charge >= 0.3 is 5.97 Å². The van der Waals surface area contributed by atoms with Crippen LogP contribution in [0.15, 0.2) is 104 Å². The molecule has 0 bridgehead atoms. The summed E-state index contributed by atoms with van der Waals surface area (Å²) < 4.78 is 5.24. The molecule has 0 amide bonds. The van der Waals surface area contributed by atoms with E-state index in [1.54, 1.807) is 0 Å². The smallest absolute Gasteiger partial charge is 0.330 e. The van der Waals surface area contributed by atoms with E-state index in [-0.39, 0.29) is 11.4 Å². The van der Waals surface area contributed by atoms with Crippen molar-refractivity contribution in [3.8, 4) is 0 Å². The average molecular weight is 356 g/mol. The number of hydrogen-bond acceptors (Lipinski definition) is 2. The first-order chi connectivity index (χ1) is 13.3. The zero-order chi connectivity index (χ0) is 19.0. The van der Waals surface area contributed by atoms with Gasteiger partial charge in [-0.1, -0.05) is 97.6 Å². The van der Waals surface area contributed by atoms with Crippen molar-refractivity contribution in [2.24, 2.45) is 0 Å². The fourth-order valence-electron chi connectivity index (χ4n) is 3.67. The van der Waals surface area contributed by atoms with Gasteiger partial charge in [-0.3, -0.25) is 0 Å². The van der Waals surface area contributed by atoms with Gasteiger partial charge in [0.25, 0.3) is 0 Å². The van der Waals surface area contributed by atoms with Gasteiger partial charge in [0.2, 0.25) is 0 Å². The summed E-state index contributed by atoms with van der Waals surface area (Å²) in [4.78, 5) is 11.4. The molecular formula is C25H24O2. The lowest BCUT2D eigenvalue weighted by atomic mass is 9.67. The fraction of sp³-hybridized carbons (Fsp3) is 0.160. The van der Waals surface area contributed by atoms with E-state index in [2.05, 4.69) is 79.4 Å². The molecule has 3 aromatic rings. The van der Waals surface area contributed by atoms with Crippen molar-refractivity contribution in [1.29, 1.82) is 0 Å². The van der Waals surface area contributed by atoms with Crippen LogP contribution in [-0.4, -0.2) is 12.6 Å². The lowest BCUT2D eigenvalue weighted by Crippen LogP contribution is -2.30. The standard InChI is InChI=1S/C25H24O2/c1-2-24(26)27-20-12-19-25(21-13-6-3-7-14-21,22-15-8-4-9-16-22)23-17-10-5-11-18-23/h2-11,13-18H,1,12,19-20H2. The maximum absolute atomic E-state index is 11.4. The van der Waals surface area contributed by atoms with Crippen molar-refractivity contribution in [2.45, 2.75) is 18.3 Å². The molecule has 0 atom stereocenters. The molecule has 27 heavy (non-hydrogen) atoms. The molecule has 0 heterocycles. The van der Waals surface area contributed by atoms with Gasteiger partial charge in [0.15, 0.2) is 0 Å². The van der Waals surface area contributed by atoms with E-state index in [9.17, 15) is 4.79 Å². The Bertz CT molecular complexity index is 758. The van der Waals surface area contributed by atoms with E-state index >= 15 is 0 Å². The Morgan fingerprint density at radius 1 is 0.778 bits per heavy atom. The van der Waals surface area contributed by atoms with E-state index in [4.69, 9.17) is 4.74 Å². The van der Waals surface area contributed by atoms with Crippen LogP contribution in [0.3, 0.4) is 0 Å². The maximum Gasteiger partial charge on any atom is 0.330 e. The maximum atomic E-state index is 11.4. The van der Waals surface area contributed by atoms with Crippen molar-refractivity contribution in [1.82, 2.24) is 0 Å². The number of benzene rings is 3. The van der Waals surface area contributed by atoms with Crippen LogP contribution in [0, 0.1) is 0 Å². The first kappa shape index (κ1) is 18.7. The van der Waals surface area contributed by atoms with Crippen LogP contribution in [0.25, 0.3) is 0 Å². The first-order valence-electron chi connectivity index (χ1n) is 9.23. The number of hydrogen-bond donors (Lipinski definition) is 0. The predicted octanol–water partition coefficient (Wildman–Crippen LogP) is 5.53. The van der Waals surface area contributed by atoms with Crippen LogP contribution in [-0.2, 0) is 14.9 Å². The average Bonchev–Trinajstić information content (AvgIpc) is 2.75. The molecule has 0 unspecified atom stereocenters. The fourth-order valence-corrected chi connectivity index (χ4v) is 3.67. The van der Waals surface area contributed by atoms with Gasteiger partial charge in [-0.15, -0.1) is 0 Å². The number of esters is 1. The van der Waals surface area contributed by atoms with E-state index in [1.807, 2.05) is 18.2 Å². The highest BCUT2D eigenvalue weighted by Crippen LogP contribution is 2.42. The second kappa shape index (κ2) is 9.00. The minimum absolute atomic E-state index is 0.301. The van der Waals surface area contributed by atoms with E-state index in [1.165, 1.54) is 22.8 Å². The first-order valence-corrected chi connectivity index (χ1v) is 9.23. The van der Waals surface area contributed by atoms with Gasteiger partial charge in [-0.2, -0.15) is 0 Å². The van der Waals surface area contributed by atoms with Crippen LogP contribution in [0.5, 0.6) is 0 Å². The zero-order valence-electron chi connectivity index (χ0n) is 15.4. The third kappa shape index (κ3) is 4.17. The Morgan fingerprint density at radius 3 is 1.56 bits per heavy atom. The zero-order valence-corrected chi connectivity index (χ0v) is 15.4. The summed E-state index contributed by atoms with van der Waals surface area (Å²) in [5.74, 6) is -0.375. The van der Waals surface area contributed by atoms with Crippen LogP contribution < -0.4 is 0 Å². The van der Waals surface area contributed by atoms with Crippen LogP contribution in [0.4, 0.5) is 0 Å². The highest BCUT2D eigenvalue weighted by molar-refractivity contribution is 5.81. The Hall–Kier alpha value is -3.13. The molecule has 0 radical (unpaired) electrons. The summed E-state index contributed by atoms with van der Waals surface area (Å²) in [6.45, 7) is 3.83. The molecular weight excluding hydrogens is 332 g/mol. The minimum Gasteiger partial charge on any atom is -0.463 e. The Balaban J connectivity index is 2.05. The Kier molecular flexibility index (Phi) is 6.22. The lowest BCUT2D eigenvalue weighted by Gasteiger charge is -2.36. The quantitative estimate of drug-likeness (QED) is 0.230. The lowest BCUT2D eigenvalue weighted by molar-refractivity contribution is -0.137. The topological polar surface area (TPSA) is 26.3 Å². The summed E-state index contributed by atoms with van der Waals surface area (Å²) in [6, 6.07) is 31.6. The molecule has 3 rings (SSSR count). The van der Waals surface area contributed by atoms with Gasteiger partial charge in [-0.25, -0.2) is 4.79 Å². The molecule has 0 saturated carbocycles. The number of rotatable bonds is 8. The van der Waals surface area contributed by atoms with E-state index in [0.717, 1.165) is 12.8 Å². The Labute approximate surface area is 161 Å². The molecule has 0 saturated heterocycles. The molecule has 0 aliphatic rings. The second-order valence-electron chi connectivity index (χ2n) is 6.48. The van der Waals surface area contributed by atoms with Gasteiger partial charge in [-0.05, 0) is 29.5 Å². The van der Waals surface area contributed by atoms with Crippen molar-refractivity contribution in [3.05, 3.63) is 120 Å². The molecule has 0 aliphatic heterocycles. The second-order valence-corrected chi connectivity index (χ2v) is 6.48. The summed E-state index contributed by atoms with van der Waals surface area (Å²) in [7, 11) is 0. The molecule has 0 aromatic heterocycles. The Morgan fingerprint density at radius 2 is 1.19 bits per heavy atom. The van der Waals surface area contributed by atoms with Crippen molar-refractivity contribution >= 4 is 5.97 Å². The van der Waals surface area contributed by atoms with Crippen molar-refractivity contribution < 1.29 is 9.53 Å². The van der Waals surface area contributed by atoms with E-state index < -0.39 is 0 Å². The molecule has 0 fully saturated rings. The third-order valence-corrected chi connectivity index (χ3v) is 4.91. The molecule has 136 valence electrons. The van der Waals surface area contributed by atoms with Gasteiger partial charge in [0, 0.05) is 11.5 Å². The normalized spacial score (nSPS) is 11.0. The molecule has 3 aromatic carbocycles. The van der Waals surface area contributed by atoms with Crippen LogP contribution in [0.2, 0.25) is 0 Å². The molecule has 2 nitrogen and oxygen atoms in total. The minimum atomic E-state index is -0.375. The molecule has 0 N–H and O–H groups in total. The summed E-state index contributed by atoms with van der Waals surface area (Å²) in [5, 5.41) is 0. The summed E-state index contributed by atoms with van der Waals surface area (Å²) in [6.07, 6.45) is 2.78. The van der Waals surface area contributed by atoms with E-state index in [0.29, 0.717) is 6.61 Å². The van der Waals surface area contributed by atoms with Crippen molar-refractivity contribution in [2.75, 3.05) is 6.61 Å². The molecule has 2 heteroatoms. The highest BCUT2D eigenvalue weighted by atomic mass is 16.5. The summed E-state index contributed by atoms with van der Waals surface area (Å²) >= 11 is 0. The summed E-state index contributed by atoms with van der Waals surface area (Å²) in [5.41, 5.74) is 3.40. The number of carbonyl (C=O) groups is 1. The van der Waals surface area contributed by atoms with Gasteiger partial charge in [0.05, 0.1) is 6.61 Å². The van der Waals surface area contributed by atoms with Gasteiger partial charge < -0.3 is 4.74 Å². The van der Waals surface area contributed by atoms with Crippen molar-refractivity contribution in [3.63, 3.8) is 0 Å².